The Bertz CT molecular complexity index is 616. The molecule has 0 saturated carbocycles. The van der Waals surface area contributed by atoms with Crippen LogP contribution < -0.4 is 5.32 Å². The average molecular weight is 302 g/mol. The van der Waals surface area contributed by atoms with Crippen LogP contribution in [-0.4, -0.2) is 17.6 Å². The molecule has 2 aromatic rings. The van der Waals surface area contributed by atoms with E-state index in [1.807, 2.05) is 0 Å². The smallest absolute Gasteiger partial charge is 0.253 e. The summed E-state index contributed by atoms with van der Waals surface area (Å²) in [7, 11) is 0. The van der Waals surface area contributed by atoms with E-state index in [9.17, 15) is 18.7 Å². The summed E-state index contributed by atoms with van der Waals surface area (Å²) in [6, 6.07) is 4.55. The number of furan rings is 1. The number of halogens is 3. The van der Waals surface area contributed by atoms with E-state index in [2.05, 4.69) is 5.32 Å². The minimum absolute atomic E-state index is 0.151. The van der Waals surface area contributed by atoms with Crippen LogP contribution in [0.4, 0.5) is 8.78 Å². The third kappa shape index (κ3) is 3.15. The predicted octanol–water partition coefficient (Wildman–Crippen LogP) is 2.67. The van der Waals surface area contributed by atoms with Crippen LogP contribution in [0.1, 0.15) is 22.2 Å². The fourth-order valence-corrected chi connectivity index (χ4v) is 1.80. The Hall–Kier alpha value is -1.92. The van der Waals surface area contributed by atoms with Crippen LogP contribution in [0.15, 0.2) is 34.9 Å². The summed E-state index contributed by atoms with van der Waals surface area (Å²) in [6.07, 6.45) is 0.338. The van der Waals surface area contributed by atoms with Crippen molar-refractivity contribution in [2.24, 2.45) is 0 Å². The molecule has 1 unspecified atom stereocenters. The van der Waals surface area contributed by atoms with Gasteiger partial charge in [-0.1, -0.05) is 11.6 Å². The zero-order valence-corrected chi connectivity index (χ0v) is 10.8. The number of benzene rings is 1. The number of hydrogen-bond donors (Lipinski definition) is 2. The number of carbonyl (C=O) groups is 1. The summed E-state index contributed by atoms with van der Waals surface area (Å²) in [4.78, 5) is 11.8. The Labute approximate surface area is 118 Å². The van der Waals surface area contributed by atoms with Crippen molar-refractivity contribution < 1.29 is 23.1 Å². The fraction of sp³-hybridized carbons (Fsp3) is 0.154. The van der Waals surface area contributed by atoms with Crippen molar-refractivity contribution >= 4 is 17.5 Å². The lowest BCUT2D eigenvalue weighted by molar-refractivity contribution is 0.0900. The molecule has 106 valence electrons. The summed E-state index contributed by atoms with van der Waals surface area (Å²) in [5, 5.41) is 11.8. The number of rotatable bonds is 4. The molecule has 20 heavy (non-hydrogen) atoms. The fourth-order valence-electron chi connectivity index (χ4n) is 1.56. The standard InChI is InChI=1S/C13H10ClF2NO3/c14-8-5-10(16)9(15)4-7(8)13(19)17-6-11(18)12-2-1-3-20-12/h1-5,11,18H,6H2,(H,17,19). The van der Waals surface area contributed by atoms with Crippen LogP contribution in [0.25, 0.3) is 0 Å². The normalized spacial score (nSPS) is 12.2. The van der Waals surface area contributed by atoms with Gasteiger partial charge in [0, 0.05) is 0 Å². The molecule has 1 atom stereocenters. The van der Waals surface area contributed by atoms with E-state index in [0.717, 1.165) is 6.07 Å². The first-order valence-corrected chi connectivity index (χ1v) is 6.01. The summed E-state index contributed by atoms with van der Waals surface area (Å²) in [5.41, 5.74) is -0.211. The van der Waals surface area contributed by atoms with E-state index in [4.69, 9.17) is 16.0 Å². The first kappa shape index (κ1) is 14.5. The maximum absolute atomic E-state index is 13.1. The monoisotopic (exact) mass is 301 g/mol. The second-order valence-corrected chi connectivity index (χ2v) is 4.39. The molecule has 1 heterocycles. The van der Waals surface area contributed by atoms with E-state index in [-0.39, 0.29) is 22.9 Å². The van der Waals surface area contributed by atoms with E-state index >= 15 is 0 Å². The van der Waals surface area contributed by atoms with Crippen molar-refractivity contribution in [2.75, 3.05) is 6.54 Å². The molecule has 2 rings (SSSR count). The molecular weight excluding hydrogens is 292 g/mol. The topological polar surface area (TPSA) is 62.5 Å². The molecule has 0 spiro atoms. The highest BCUT2D eigenvalue weighted by atomic mass is 35.5. The lowest BCUT2D eigenvalue weighted by atomic mass is 10.2. The average Bonchev–Trinajstić information content (AvgIpc) is 2.94. The quantitative estimate of drug-likeness (QED) is 0.854. The van der Waals surface area contributed by atoms with Crippen LogP contribution in [-0.2, 0) is 0 Å². The first-order chi connectivity index (χ1) is 9.49. The van der Waals surface area contributed by atoms with Crippen LogP contribution in [0.2, 0.25) is 5.02 Å². The van der Waals surface area contributed by atoms with Gasteiger partial charge in [0.05, 0.1) is 23.4 Å². The number of aliphatic hydroxyl groups is 1. The van der Waals surface area contributed by atoms with Gasteiger partial charge in [-0.05, 0) is 24.3 Å². The second-order valence-electron chi connectivity index (χ2n) is 3.99. The zero-order chi connectivity index (χ0) is 14.7. The van der Waals surface area contributed by atoms with Gasteiger partial charge in [0.15, 0.2) is 11.6 Å². The summed E-state index contributed by atoms with van der Waals surface area (Å²) >= 11 is 5.66. The molecule has 0 aliphatic heterocycles. The van der Waals surface area contributed by atoms with Crippen molar-refractivity contribution in [3.8, 4) is 0 Å². The number of hydrogen-bond acceptors (Lipinski definition) is 3. The molecule has 2 N–H and O–H groups in total. The van der Waals surface area contributed by atoms with E-state index in [1.54, 1.807) is 12.1 Å². The highest BCUT2D eigenvalue weighted by Gasteiger charge is 2.17. The van der Waals surface area contributed by atoms with Crippen LogP contribution in [0.5, 0.6) is 0 Å². The lowest BCUT2D eigenvalue weighted by Gasteiger charge is -2.10. The van der Waals surface area contributed by atoms with Crippen LogP contribution in [0.3, 0.4) is 0 Å². The second kappa shape index (κ2) is 6.02. The van der Waals surface area contributed by atoms with Crippen LogP contribution >= 0.6 is 11.6 Å². The number of nitrogens with one attached hydrogen (secondary N) is 1. The molecule has 4 nitrogen and oxygen atoms in total. The van der Waals surface area contributed by atoms with Gasteiger partial charge in [-0.2, -0.15) is 0 Å². The van der Waals surface area contributed by atoms with Gasteiger partial charge in [0.25, 0.3) is 5.91 Å². The predicted molar refractivity (Wildman–Crippen MR) is 67.4 cm³/mol. The summed E-state index contributed by atoms with van der Waals surface area (Å²) < 4.78 is 30.9. The summed E-state index contributed by atoms with van der Waals surface area (Å²) in [5.74, 6) is -2.76. The summed E-state index contributed by atoms with van der Waals surface area (Å²) in [6.45, 7) is -0.151. The number of aliphatic hydroxyl groups excluding tert-OH is 1. The van der Waals surface area contributed by atoms with E-state index in [0.29, 0.717) is 6.07 Å². The molecule has 0 fully saturated rings. The van der Waals surface area contributed by atoms with Crippen molar-refractivity contribution in [2.45, 2.75) is 6.10 Å². The molecule has 7 heteroatoms. The van der Waals surface area contributed by atoms with Gasteiger partial charge in [-0.25, -0.2) is 8.78 Å². The Morgan fingerprint density at radius 3 is 2.75 bits per heavy atom. The van der Waals surface area contributed by atoms with Crippen molar-refractivity contribution in [1.29, 1.82) is 0 Å². The SMILES string of the molecule is O=C(NCC(O)c1ccco1)c1cc(F)c(F)cc1Cl. The number of carbonyl (C=O) groups excluding carboxylic acids is 1. The largest absolute Gasteiger partial charge is 0.467 e. The molecule has 1 aromatic heterocycles. The van der Waals surface area contributed by atoms with Crippen molar-refractivity contribution in [3.05, 3.63) is 58.5 Å². The zero-order valence-electron chi connectivity index (χ0n) is 10.1. The highest BCUT2D eigenvalue weighted by molar-refractivity contribution is 6.33. The van der Waals surface area contributed by atoms with Gasteiger partial charge >= 0.3 is 0 Å². The lowest BCUT2D eigenvalue weighted by Crippen LogP contribution is -2.28. The molecular formula is C13H10ClF2NO3. The Morgan fingerprint density at radius 1 is 1.40 bits per heavy atom. The molecule has 0 saturated heterocycles. The van der Waals surface area contributed by atoms with Crippen LogP contribution in [0, 0.1) is 11.6 Å². The van der Waals surface area contributed by atoms with Crippen molar-refractivity contribution in [1.82, 2.24) is 5.32 Å². The van der Waals surface area contributed by atoms with E-state index < -0.39 is 23.6 Å². The molecule has 1 amide bonds. The van der Waals surface area contributed by atoms with Gasteiger partial charge in [0.1, 0.15) is 11.9 Å². The third-order valence-corrected chi connectivity index (χ3v) is 2.89. The minimum atomic E-state index is -1.17. The van der Waals surface area contributed by atoms with Gasteiger partial charge in [0.2, 0.25) is 0 Å². The highest BCUT2D eigenvalue weighted by Crippen LogP contribution is 2.20. The molecule has 0 bridgehead atoms. The number of amides is 1. The Kier molecular flexibility index (Phi) is 4.36. The Balaban J connectivity index is 2.04. The minimum Gasteiger partial charge on any atom is -0.467 e. The first-order valence-electron chi connectivity index (χ1n) is 5.63. The maximum Gasteiger partial charge on any atom is 0.253 e. The van der Waals surface area contributed by atoms with Crippen molar-refractivity contribution in [3.63, 3.8) is 0 Å². The maximum atomic E-state index is 13.1. The van der Waals surface area contributed by atoms with E-state index in [1.165, 1.54) is 6.26 Å². The Morgan fingerprint density at radius 2 is 2.10 bits per heavy atom. The van der Waals surface area contributed by atoms with Gasteiger partial charge in [-0.3, -0.25) is 4.79 Å². The molecule has 0 aliphatic rings. The molecule has 0 radical (unpaired) electrons. The third-order valence-electron chi connectivity index (χ3n) is 2.58. The van der Waals surface area contributed by atoms with Gasteiger partial charge in [-0.15, -0.1) is 0 Å². The van der Waals surface area contributed by atoms with Gasteiger partial charge < -0.3 is 14.8 Å². The molecule has 1 aromatic carbocycles. The molecule has 0 aliphatic carbocycles.